The van der Waals surface area contributed by atoms with Crippen LogP contribution in [0.15, 0.2) is 0 Å². The average molecular weight is 270 g/mol. The average Bonchev–Trinajstić information content (AvgIpc) is 2.34. The molecule has 0 aromatic heterocycles. The Morgan fingerprint density at radius 3 is 2.42 bits per heavy atom. The standard InChI is InChI=1S/C15H30N2O2/c1-13-8-7-9-14(2)17(13)15(19)12-16(3)10-5-4-6-11-18/h13-14,18H,4-12H2,1-3H3. The van der Waals surface area contributed by atoms with Gasteiger partial charge in [0.15, 0.2) is 0 Å². The Morgan fingerprint density at radius 1 is 1.21 bits per heavy atom. The summed E-state index contributed by atoms with van der Waals surface area (Å²) < 4.78 is 0. The van der Waals surface area contributed by atoms with Crippen LogP contribution in [0.25, 0.3) is 0 Å². The number of aliphatic hydroxyl groups is 1. The zero-order chi connectivity index (χ0) is 14.3. The van der Waals surface area contributed by atoms with Crippen molar-refractivity contribution in [1.29, 1.82) is 0 Å². The molecule has 0 saturated carbocycles. The van der Waals surface area contributed by atoms with Crippen LogP contribution in [0.1, 0.15) is 52.4 Å². The molecule has 1 N–H and O–H groups in total. The summed E-state index contributed by atoms with van der Waals surface area (Å²) in [6.07, 6.45) is 6.46. The summed E-state index contributed by atoms with van der Waals surface area (Å²) in [4.78, 5) is 16.5. The van der Waals surface area contributed by atoms with E-state index in [0.717, 1.165) is 38.6 Å². The van der Waals surface area contributed by atoms with E-state index in [-0.39, 0.29) is 12.5 Å². The third kappa shape index (κ3) is 5.49. The van der Waals surface area contributed by atoms with Crippen molar-refractivity contribution >= 4 is 5.91 Å². The predicted octanol–water partition coefficient (Wildman–Crippen LogP) is 1.87. The second-order valence-electron chi connectivity index (χ2n) is 5.95. The van der Waals surface area contributed by atoms with Gasteiger partial charge in [-0.1, -0.05) is 0 Å². The van der Waals surface area contributed by atoms with Crippen LogP contribution in [0, 0.1) is 0 Å². The number of likely N-dealkylation sites (tertiary alicyclic amines) is 1. The van der Waals surface area contributed by atoms with E-state index in [1.807, 2.05) is 7.05 Å². The molecule has 4 heteroatoms. The van der Waals surface area contributed by atoms with Crippen LogP contribution < -0.4 is 0 Å². The van der Waals surface area contributed by atoms with Gasteiger partial charge in [0.1, 0.15) is 0 Å². The number of piperidine rings is 1. The molecule has 0 aliphatic carbocycles. The molecule has 0 aromatic carbocycles. The van der Waals surface area contributed by atoms with Gasteiger partial charge in [-0.15, -0.1) is 0 Å². The highest BCUT2D eigenvalue weighted by molar-refractivity contribution is 5.79. The van der Waals surface area contributed by atoms with Crippen molar-refractivity contribution in [1.82, 2.24) is 9.80 Å². The monoisotopic (exact) mass is 270 g/mol. The lowest BCUT2D eigenvalue weighted by molar-refractivity contribution is -0.138. The number of carbonyl (C=O) groups excluding carboxylic acids is 1. The second-order valence-corrected chi connectivity index (χ2v) is 5.95. The number of carbonyl (C=O) groups is 1. The van der Waals surface area contributed by atoms with Crippen LogP contribution in [0.5, 0.6) is 0 Å². The lowest BCUT2D eigenvalue weighted by Crippen LogP contribution is -2.50. The zero-order valence-electron chi connectivity index (χ0n) is 12.8. The molecule has 1 aliphatic heterocycles. The number of hydrogen-bond acceptors (Lipinski definition) is 3. The predicted molar refractivity (Wildman–Crippen MR) is 78.1 cm³/mol. The minimum absolute atomic E-state index is 0.268. The van der Waals surface area contributed by atoms with Crippen molar-refractivity contribution in [2.45, 2.75) is 64.5 Å². The molecule has 0 aromatic rings. The fourth-order valence-electron chi connectivity index (χ4n) is 2.97. The number of likely N-dealkylation sites (N-methyl/N-ethyl adjacent to an activating group) is 1. The van der Waals surface area contributed by atoms with Gasteiger partial charge in [0.05, 0.1) is 6.54 Å². The van der Waals surface area contributed by atoms with Crippen LogP contribution in [0.4, 0.5) is 0 Å². The van der Waals surface area contributed by atoms with Crippen molar-refractivity contribution < 1.29 is 9.90 Å². The van der Waals surface area contributed by atoms with Crippen molar-refractivity contribution in [2.24, 2.45) is 0 Å². The Bertz CT molecular complexity index is 261. The molecular formula is C15H30N2O2. The summed E-state index contributed by atoms with van der Waals surface area (Å²) in [6.45, 7) is 6.05. The van der Waals surface area contributed by atoms with Gasteiger partial charge in [0.2, 0.25) is 5.91 Å². The fourth-order valence-corrected chi connectivity index (χ4v) is 2.97. The van der Waals surface area contributed by atoms with Crippen LogP contribution in [-0.4, -0.2) is 59.6 Å². The van der Waals surface area contributed by atoms with Crippen molar-refractivity contribution in [3.8, 4) is 0 Å². The lowest BCUT2D eigenvalue weighted by Gasteiger charge is -2.39. The molecule has 2 unspecified atom stereocenters. The highest BCUT2D eigenvalue weighted by Gasteiger charge is 2.28. The summed E-state index contributed by atoms with van der Waals surface area (Å²) in [6, 6.07) is 0.776. The molecule has 0 spiro atoms. The molecule has 1 fully saturated rings. The summed E-state index contributed by atoms with van der Waals surface area (Å²) in [5.41, 5.74) is 0. The molecule has 1 aliphatic rings. The van der Waals surface area contributed by atoms with Gasteiger partial charge >= 0.3 is 0 Å². The first-order chi connectivity index (χ1) is 9.06. The topological polar surface area (TPSA) is 43.8 Å². The number of aliphatic hydroxyl groups excluding tert-OH is 1. The van der Waals surface area contributed by atoms with E-state index in [4.69, 9.17) is 5.11 Å². The van der Waals surface area contributed by atoms with E-state index in [0.29, 0.717) is 18.6 Å². The van der Waals surface area contributed by atoms with E-state index >= 15 is 0 Å². The van der Waals surface area contributed by atoms with Gasteiger partial charge in [-0.2, -0.15) is 0 Å². The third-order valence-corrected chi connectivity index (χ3v) is 4.08. The molecule has 19 heavy (non-hydrogen) atoms. The molecule has 1 saturated heterocycles. The number of amides is 1. The third-order valence-electron chi connectivity index (χ3n) is 4.08. The zero-order valence-corrected chi connectivity index (χ0v) is 12.8. The molecular weight excluding hydrogens is 240 g/mol. The molecule has 0 radical (unpaired) electrons. The van der Waals surface area contributed by atoms with Gasteiger partial charge in [-0.3, -0.25) is 9.69 Å². The summed E-state index contributed by atoms with van der Waals surface area (Å²) in [5.74, 6) is 0.268. The largest absolute Gasteiger partial charge is 0.396 e. The van der Waals surface area contributed by atoms with Crippen LogP contribution >= 0.6 is 0 Å². The van der Waals surface area contributed by atoms with Crippen LogP contribution in [-0.2, 0) is 4.79 Å². The summed E-state index contributed by atoms with van der Waals surface area (Å²) in [7, 11) is 2.01. The smallest absolute Gasteiger partial charge is 0.237 e. The molecule has 1 rings (SSSR count). The number of hydrogen-bond donors (Lipinski definition) is 1. The molecule has 112 valence electrons. The lowest BCUT2D eigenvalue weighted by atomic mass is 9.97. The maximum absolute atomic E-state index is 12.4. The van der Waals surface area contributed by atoms with E-state index < -0.39 is 0 Å². The van der Waals surface area contributed by atoms with Crippen molar-refractivity contribution in [2.75, 3.05) is 26.7 Å². The number of nitrogens with zero attached hydrogens (tertiary/aromatic N) is 2. The number of unbranched alkanes of at least 4 members (excludes halogenated alkanes) is 2. The Morgan fingerprint density at radius 2 is 1.84 bits per heavy atom. The van der Waals surface area contributed by atoms with Gasteiger partial charge in [-0.25, -0.2) is 0 Å². The molecule has 4 nitrogen and oxygen atoms in total. The Hall–Kier alpha value is -0.610. The summed E-state index contributed by atoms with van der Waals surface area (Å²) in [5, 5.41) is 8.73. The molecule has 1 amide bonds. The van der Waals surface area contributed by atoms with Crippen molar-refractivity contribution in [3.05, 3.63) is 0 Å². The van der Waals surface area contributed by atoms with Gasteiger partial charge in [-0.05, 0) is 66.0 Å². The summed E-state index contributed by atoms with van der Waals surface area (Å²) >= 11 is 0. The SMILES string of the molecule is CC1CCCC(C)N1C(=O)CN(C)CCCCCO. The van der Waals surface area contributed by atoms with E-state index in [1.54, 1.807) is 0 Å². The highest BCUT2D eigenvalue weighted by atomic mass is 16.2. The van der Waals surface area contributed by atoms with E-state index in [2.05, 4.69) is 23.6 Å². The van der Waals surface area contributed by atoms with E-state index in [1.165, 1.54) is 6.42 Å². The first kappa shape index (κ1) is 16.4. The van der Waals surface area contributed by atoms with Gasteiger partial charge in [0.25, 0.3) is 0 Å². The fraction of sp³-hybridized carbons (Fsp3) is 0.933. The van der Waals surface area contributed by atoms with Crippen molar-refractivity contribution in [3.63, 3.8) is 0 Å². The first-order valence-electron chi connectivity index (χ1n) is 7.66. The second kappa shape index (κ2) is 8.54. The Labute approximate surface area is 117 Å². The maximum atomic E-state index is 12.4. The van der Waals surface area contributed by atoms with Gasteiger partial charge in [0, 0.05) is 18.7 Å². The maximum Gasteiger partial charge on any atom is 0.237 e. The normalized spacial score (nSPS) is 23.9. The molecule has 1 heterocycles. The molecule has 0 bridgehead atoms. The Kier molecular flexibility index (Phi) is 7.39. The first-order valence-corrected chi connectivity index (χ1v) is 7.66. The van der Waals surface area contributed by atoms with E-state index in [9.17, 15) is 4.79 Å². The quantitative estimate of drug-likeness (QED) is 0.718. The minimum Gasteiger partial charge on any atom is -0.396 e. The highest BCUT2D eigenvalue weighted by Crippen LogP contribution is 2.22. The Balaban J connectivity index is 2.32. The number of rotatable bonds is 7. The van der Waals surface area contributed by atoms with Crippen LogP contribution in [0.2, 0.25) is 0 Å². The van der Waals surface area contributed by atoms with Gasteiger partial charge < -0.3 is 10.0 Å². The molecule has 2 atom stereocenters. The minimum atomic E-state index is 0.268. The van der Waals surface area contributed by atoms with Crippen LogP contribution in [0.3, 0.4) is 0 Å².